The highest BCUT2D eigenvalue weighted by atomic mass is 127. The van der Waals surface area contributed by atoms with Crippen molar-refractivity contribution in [3.05, 3.63) is 49.9 Å². The minimum atomic E-state index is -0.308. The van der Waals surface area contributed by atoms with Gasteiger partial charge in [0.15, 0.2) is 23.0 Å². The van der Waals surface area contributed by atoms with Gasteiger partial charge in [-0.05, 0) is 75.8 Å². The van der Waals surface area contributed by atoms with E-state index < -0.39 is 0 Å². The van der Waals surface area contributed by atoms with Crippen LogP contribution in [-0.2, 0) is 11.4 Å². The SMILES string of the molecule is COc1cc(/C=C2\SC(=O)N(C)C2=O)cc(I)c1OCc1ccc2c(c1)OCO2. The Hall–Kier alpha value is -2.40. The molecule has 9 heteroatoms. The summed E-state index contributed by atoms with van der Waals surface area (Å²) in [7, 11) is 3.03. The van der Waals surface area contributed by atoms with E-state index in [0.29, 0.717) is 28.8 Å². The van der Waals surface area contributed by atoms with Crippen LogP contribution in [0.15, 0.2) is 35.2 Å². The number of carbonyl (C=O) groups is 2. The molecule has 1 fully saturated rings. The minimum absolute atomic E-state index is 0.227. The monoisotopic (exact) mass is 525 g/mol. The fourth-order valence-corrected chi connectivity index (χ4v) is 4.45. The van der Waals surface area contributed by atoms with E-state index in [9.17, 15) is 9.59 Å². The number of halogens is 1. The Labute approximate surface area is 185 Å². The molecular formula is C20H16INO6S. The van der Waals surface area contributed by atoms with Gasteiger partial charge in [-0.3, -0.25) is 14.5 Å². The summed E-state index contributed by atoms with van der Waals surface area (Å²) in [5.74, 6) is 2.26. The number of imide groups is 1. The van der Waals surface area contributed by atoms with E-state index in [-0.39, 0.29) is 17.9 Å². The predicted octanol–water partition coefficient (Wildman–Crippen LogP) is 4.27. The van der Waals surface area contributed by atoms with Crippen LogP contribution in [0, 0.1) is 3.57 Å². The number of hydrogen-bond donors (Lipinski definition) is 0. The fourth-order valence-electron chi connectivity index (χ4n) is 2.85. The number of benzene rings is 2. The third-order valence-corrected chi connectivity index (χ3v) is 6.12. The van der Waals surface area contributed by atoms with Gasteiger partial charge >= 0.3 is 0 Å². The molecule has 0 N–H and O–H groups in total. The molecule has 7 nitrogen and oxygen atoms in total. The average molecular weight is 525 g/mol. The number of thioether (sulfide) groups is 1. The maximum absolute atomic E-state index is 12.1. The smallest absolute Gasteiger partial charge is 0.293 e. The van der Waals surface area contributed by atoms with Gasteiger partial charge in [0.2, 0.25) is 6.79 Å². The topological polar surface area (TPSA) is 74.3 Å². The van der Waals surface area contributed by atoms with Crippen LogP contribution in [0.5, 0.6) is 23.0 Å². The van der Waals surface area contributed by atoms with Crippen molar-refractivity contribution >= 4 is 51.6 Å². The third-order valence-electron chi connectivity index (χ3n) is 4.36. The molecular weight excluding hydrogens is 509 g/mol. The van der Waals surface area contributed by atoms with E-state index in [0.717, 1.165) is 37.1 Å². The lowest BCUT2D eigenvalue weighted by Crippen LogP contribution is -2.22. The maximum Gasteiger partial charge on any atom is 0.293 e. The summed E-state index contributed by atoms with van der Waals surface area (Å²) >= 11 is 3.08. The van der Waals surface area contributed by atoms with Crippen molar-refractivity contribution < 1.29 is 28.5 Å². The molecule has 150 valence electrons. The molecule has 0 unspecified atom stereocenters. The molecule has 2 heterocycles. The zero-order chi connectivity index (χ0) is 20.5. The Morgan fingerprint density at radius 1 is 1.21 bits per heavy atom. The molecule has 2 aromatic carbocycles. The molecule has 0 spiro atoms. The van der Waals surface area contributed by atoms with Crippen LogP contribution < -0.4 is 18.9 Å². The van der Waals surface area contributed by atoms with Gasteiger partial charge in [0.05, 0.1) is 15.6 Å². The van der Waals surface area contributed by atoms with Crippen molar-refractivity contribution in [1.29, 1.82) is 0 Å². The van der Waals surface area contributed by atoms with E-state index in [2.05, 4.69) is 22.6 Å². The number of fused-ring (bicyclic) bond motifs is 1. The first kappa shape index (κ1) is 19.9. The van der Waals surface area contributed by atoms with Crippen LogP contribution in [0.4, 0.5) is 4.79 Å². The van der Waals surface area contributed by atoms with Crippen molar-refractivity contribution in [2.75, 3.05) is 21.0 Å². The number of nitrogens with zero attached hydrogens (tertiary/aromatic N) is 1. The first-order valence-electron chi connectivity index (χ1n) is 8.56. The van der Waals surface area contributed by atoms with Gasteiger partial charge in [0.25, 0.3) is 11.1 Å². The predicted molar refractivity (Wildman–Crippen MR) is 116 cm³/mol. The number of amides is 2. The second-order valence-electron chi connectivity index (χ2n) is 6.25. The highest BCUT2D eigenvalue weighted by molar-refractivity contribution is 14.1. The van der Waals surface area contributed by atoms with Gasteiger partial charge in [-0.1, -0.05) is 6.07 Å². The number of rotatable bonds is 5. The van der Waals surface area contributed by atoms with Gasteiger partial charge in [-0.15, -0.1) is 0 Å². The van der Waals surface area contributed by atoms with Gasteiger partial charge in [0.1, 0.15) is 6.61 Å². The third kappa shape index (κ3) is 4.01. The zero-order valence-electron chi connectivity index (χ0n) is 15.6. The van der Waals surface area contributed by atoms with Crippen molar-refractivity contribution in [3.63, 3.8) is 0 Å². The number of carbonyl (C=O) groups excluding carboxylic acids is 2. The average Bonchev–Trinajstić information content (AvgIpc) is 3.27. The Kier molecular flexibility index (Phi) is 5.59. The largest absolute Gasteiger partial charge is 0.493 e. The summed E-state index contributed by atoms with van der Waals surface area (Å²) in [6.45, 7) is 0.557. The van der Waals surface area contributed by atoms with Crippen LogP contribution in [-0.4, -0.2) is 37.0 Å². The molecule has 4 rings (SSSR count). The molecule has 2 aromatic rings. The van der Waals surface area contributed by atoms with E-state index in [1.807, 2.05) is 24.3 Å². The Morgan fingerprint density at radius 3 is 2.72 bits per heavy atom. The maximum atomic E-state index is 12.1. The van der Waals surface area contributed by atoms with E-state index in [1.54, 1.807) is 19.3 Å². The first-order chi connectivity index (χ1) is 14.0. The number of ether oxygens (including phenoxy) is 4. The molecule has 29 heavy (non-hydrogen) atoms. The van der Waals surface area contributed by atoms with Crippen LogP contribution in [0.25, 0.3) is 6.08 Å². The molecule has 1 saturated heterocycles. The van der Waals surface area contributed by atoms with E-state index in [1.165, 1.54) is 7.05 Å². The lowest BCUT2D eigenvalue weighted by Gasteiger charge is -2.14. The molecule has 2 aliphatic heterocycles. The Balaban J connectivity index is 1.55. The molecule has 0 aliphatic carbocycles. The molecule has 0 radical (unpaired) electrons. The number of methoxy groups -OCH3 is 1. The molecule has 0 saturated carbocycles. The highest BCUT2D eigenvalue weighted by Gasteiger charge is 2.31. The fraction of sp³-hybridized carbons (Fsp3) is 0.200. The lowest BCUT2D eigenvalue weighted by molar-refractivity contribution is -0.121. The van der Waals surface area contributed by atoms with Gasteiger partial charge < -0.3 is 18.9 Å². The summed E-state index contributed by atoms with van der Waals surface area (Å²) in [6.07, 6.45) is 1.68. The molecule has 0 aromatic heterocycles. The van der Waals surface area contributed by atoms with Crippen molar-refractivity contribution in [2.45, 2.75) is 6.61 Å². The quantitative estimate of drug-likeness (QED) is 0.427. The van der Waals surface area contributed by atoms with Crippen molar-refractivity contribution in [3.8, 4) is 23.0 Å². The van der Waals surface area contributed by atoms with Crippen LogP contribution in [0.2, 0.25) is 0 Å². The molecule has 2 amide bonds. The Morgan fingerprint density at radius 2 is 2.00 bits per heavy atom. The van der Waals surface area contributed by atoms with Crippen molar-refractivity contribution in [1.82, 2.24) is 4.90 Å². The van der Waals surface area contributed by atoms with Crippen LogP contribution >= 0.6 is 34.4 Å². The van der Waals surface area contributed by atoms with Gasteiger partial charge in [-0.25, -0.2) is 0 Å². The Bertz CT molecular complexity index is 1040. The minimum Gasteiger partial charge on any atom is -0.493 e. The molecule has 0 bridgehead atoms. The van der Waals surface area contributed by atoms with E-state index >= 15 is 0 Å². The normalized spacial score (nSPS) is 16.7. The highest BCUT2D eigenvalue weighted by Crippen LogP contribution is 2.38. The number of hydrogen-bond acceptors (Lipinski definition) is 7. The summed E-state index contributed by atoms with van der Waals surface area (Å²) < 4.78 is 23.0. The molecule has 0 atom stereocenters. The van der Waals surface area contributed by atoms with Crippen LogP contribution in [0.1, 0.15) is 11.1 Å². The lowest BCUT2D eigenvalue weighted by atomic mass is 10.1. The number of likely N-dealkylation sites (N-methyl/N-ethyl adjacent to an activating group) is 1. The van der Waals surface area contributed by atoms with Crippen molar-refractivity contribution in [2.24, 2.45) is 0 Å². The van der Waals surface area contributed by atoms with E-state index in [4.69, 9.17) is 18.9 Å². The standard InChI is InChI=1S/C20H16INO6S/c1-22-19(23)17(29-20(22)24)8-12-5-13(21)18(16(7-12)25-2)26-9-11-3-4-14-15(6-11)28-10-27-14/h3-8H,9-10H2,1-2H3/b17-8-. The second-order valence-corrected chi connectivity index (χ2v) is 8.41. The second kappa shape index (κ2) is 8.15. The molecule has 2 aliphatic rings. The van der Waals surface area contributed by atoms with Crippen LogP contribution in [0.3, 0.4) is 0 Å². The zero-order valence-corrected chi connectivity index (χ0v) is 18.5. The van der Waals surface area contributed by atoms with Gasteiger partial charge in [0, 0.05) is 7.05 Å². The van der Waals surface area contributed by atoms with Gasteiger partial charge in [-0.2, -0.15) is 0 Å². The summed E-state index contributed by atoms with van der Waals surface area (Å²) in [6, 6.07) is 9.31. The summed E-state index contributed by atoms with van der Waals surface area (Å²) in [5, 5.41) is -0.286. The summed E-state index contributed by atoms with van der Waals surface area (Å²) in [4.78, 5) is 25.3. The summed E-state index contributed by atoms with van der Waals surface area (Å²) in [5.41, 5.74) is 1.69. The first-order valence-corrected chi connectivity index (χ1v) is 10.5.